The molecule has 0 bridgehead atoms. The minimum atomic E-state index is -1.06. The van der Waals surface area contributed by atoms with Gasteiger partial charge >= 0.3 is 11.4 Å². The number of benzene rings is 3. The number of hydrogen-bond acceptors (Lipinski definition) is 14. The van der Waals surface area contributed by atoms with E-state index in [9.17, 15) is 40.5 Å². The lowest BCUT2D eigenvalue weighted by molar-refractivity contribution is -0.393. The van der Waals surface area contributed by atoms with Gasteiger partial charge in [-0.15, -0.1) is 0 Å². The summed E-state index contributed by atoms with van der Waals surface area (Å²) in [6.07, 6.45) is 2.11. The van der Waals surface area contributed by atoms with E-state index in [-0.39, 0.29) is 22.8 Å². The van der Waals surface area contributed by atoms with Gasteiger partial charge in [-0.05, 0) is 23.8 Å². The van der Waals surface area contributed by atoms with Crippen LogP contribution >= 0.6 is 0 Å². The van der Waals surface area contributed by atoms with Crippen LogP contribution in [0.3, 0.4) is 0 Å². The molecule has 18 nitrogen and oxygen atoms in total. The third kappa shape index (κ3) is 6.34. The van der Waals surface area contributed by atoms with Gasteiger partial charge in [0.15, 0.2) is 11.8 Å². The van der Waals surface area contributed by atoms with Gasteiger partial charge < -0.3 is 4.74 Å². The first-order chi connectivity index (χ1) is 20.0. The maximum absolute atomic E-state index is 11.5. The minimum absolute atomic E-state index is 0.0862. The molecule has 1 saturated heterocycles. The third-order valence-electron chi connectivity index (χ3n) is 5.60. The summed E-state index contributed by atoms with van der Waals surface area (Å²) in [7, 11) is 0. The molecule has 0 aliphatic carbocycles. The summed E-state index contributed by atoms with van der Waals surface area (Å²) in [6.45, 7) is 0. The Kier molecular flexibility index (Phi) is 8.17. The second-order valence-corrected chi connectivity index (χ2v) is 8.25. The number of hydrazone groups is 2. The van der Waals surface area contributed by atoms with Crippen molar-refractivity contribution >= 4 is 57.5 Å². The quantitative estimate of drug-likeness (QED) is 0.221. The van der Waals surface area contributed by atoms with E-state index in [1.807, 2.05) is 0 Å². The molecule has 0 spiro atoms. The number of non-ortho nitro benzene ring substituents is 2. The first-order valence-electron chi connectivity index (χ1n) is 11.6. The average molecular weight is 575 g/mol. The highest BCUT2D eigenvalue weighted by Crippen LogP contribution is 2.30. The van der Waals surface area contributed by atoms with Gasteiger partial charge in [-0.2, -0.15) is 10.2 Å². The van der Waals surface area contributed by atoms with Gasteiger partial charge in [0.05, 0.1) is 31.8 Å². The SMILES string of the molecule is N=C1O[C@@H](/C=C/c2ccccc2)C(=N/Nc2ccc([N+](=O)[O-])cc2[N+](=O)[O-])/C1=N\Nc1ccc([N+](=O)[O-])cc1[N+](=O)[O-]. The van der Waals surface area contributed by atoms with Crippen molar-refractivity contribution in [1.82, 2.24) is 0 Å². The lowest BCUT2D eigenvalue weighted by Crippen LogP contribution is -2.22. The maximum Gasteiger partial charge on any atom is 0.301 e. The van der Waals surface area contributed by atoms with Gasteiger partial charge in [-0.3, -0.25) is 56.7 Å². The Labute approximate surface area is 233 Å². The molecule has 212 valence electrons. The van der Waals surface area contributed by atoms with Crippen molar-refractivity contribution in [1.29, 1.82) is 5.41 Å². The molecule has 1 fully saturated rings. The molecule has 42 heavy (non-hydrogen) atoms. The van der Waals surface area contributed by atoms with E-state index in [0.717, 1.165) is 42.0 Å². The van der Waals surface area contributed by atoms with Gasteiger partial charge in [-0.1, -0.05) is 36.4 Å². The van der Waals surface area contributed by atoms with Crippen LogP contribution in [0, 0.1) is 45.9 Å². The van der Waals surface area contributed by atoms with Crippen LogP contribution in [0.5, 0.6) is 0 Å². The molecular weight excluding hydrogens is 558 g/mol. The molecular formula is C24H17N9O9. The van der Waals surface area contributed by atoms with Crippen LogP contribution in [-0.4, -0.2) is 43.1 Å². The molecule has 3 aromatic rings. The first kappa shape index (κ1) is 28.4. The summed E-state index contributed by atoms with van der Waals surface area (Å²) in [5.41, 5.74) is 2.41. The number of nitro benzene ring substituents is 4. The Bertz CT molecular complexity index is 1700. The monoisotopic (exact) mass is 575 g/mol. The molecule has 1 atom stereocenters. The molecule has 4 rings (SSSR count). The topological polar surface area (TPSA) is 254 Å². The van der Waals surface area contributed by atoms with Crippen LogP contribution in [0.2, 0.25) is 0 Å². The van der Waals surface area contributed by atoms with Crippen molar-refractivity contribution in [3.05, 3.63) is 119 Å². The Morgan fingerprint density at radius 2 is 1.26 bits per heavy atom. The van der Waals surface area contributed by atoms with Crippen LogP contribution in [0.15, 0.2) is 83.0 Å². The summed E-state index contributed by atoms with van der Waals surface area (Å²) < 4.78 is 5.55. The van der Waals surface area contributed by atoms with Crippen molar-refractivity contribution in [2.45, 2.75) is 6.10 Å². The van der Waals surface area contributed by atoms with E-state index in [2.05, 4.69) is 21.1 Å². The van der Waals surface area contributed by atoms with Crippen LogP contribution in [0.4, 0.5) is 34.1 Å². The number of ether oxygens (including phenoxy) is 1. The second-order valence-electron chi connectivity index (χ2n) is 8.25. The lowest BCUT2D eigenvalue weighted by atomic mass is 10.1. The number of anilines is 2. The summed E-state index contributed by atoms with van der Waals surface area (Å²) in [4.78, 5) is 41.8. The van der Waals surface area contributed by atoms with Crippen molar-refractivity contribution < 1.29 is 24.4 Å². The van der Waals surface area contributed by atoms with E-state index < -0.39 is 54.4 Å². The fourth-order valence-corrected chi connectivity index (χ4v) is 3.60. The smallest absolute Gasteiger partial charge is 0.301 e. The van der Waals surface area contributed by atoms with Gasteiger partial charge in [0, 0.05) is 12.1 Å². The Hall–Kier alpha value is -6.59. The number of rotatable bonds is 10. The maximum atomic E-state index is 11.5. The van der Waals surface area contributed by atoms with E-state index in [1.54, 1.807) is 36.4 Å². The highest BCUT2D eigenvalue weighted by atomic mass is 16.6. The fraction of sp³-hybridized carbons (Fsp3) is 0.0417. The molecule has 0 aromatic heterocycles. The van der Waals surface area contributed by atoms with Gasteiger partial charge in [-0.25, -0.2) is 0 Å². The third-order valence-corrected chi connectivity index (χ3v) is 5.60. The van der Waals surface area contributed by atoms with Crippen molar-refractivity contribution in [2.75, 3.05) is 10.9 Å². The van der Waals surface area contributed by atoms with E-state index in [4.69, 9.17) is 10.1 Å². The zero-order valence-electron chi connectivity index (χ0n) is 20.9. The first-order valence-corrected chi connectivity index (χ1v) is 11.6. The molecule has 0 unspecified atom stereocenters. The van der Waals surface area contributed by atoms with Crippen molar-refractivity contribution in [2.24, 2.45) is 10.2 Å². The Balaban J connectivity index is 1.74. The second kappa shape index (κ2) is 12.1. The Morgan fingerprint density at radius 1 is 0.738 bits per heavy atom. The number of hydrogen-bond donors (Lipinski definition) is 3. The molecule has 0 amide bonds. The summed E-state index contributed by atoms with van der Waals surface area (Å²) in [5, 5.41) is 61.5. The zero-order valence-corrected chi connectivity index (χ0v) is 20.9. The van der Waals surface area contributed by atoms with Gasteiger partial charge in [0.1, 0.15) is 17.1 Å². The molecule has 1 aliphatic heterocycles. The van der Waals surface area contributed by atoms with Crippen molar-refractivity contribution in [3.63, 3.8) is 0 Å². The molecule has 18 heteroatoms. The molecule has 0 saturated carbocycles. The van der Waals surface area contributed by atoms with Crippen LogP contribution in [0.25, 0.3) is 6.08 Å². The fourth-order valence-electron chi connectivity index (χ4n) is 3.60. The molecule has 3 aromatic carbocycles. The number of nitro groups is 4. The zero-order chi connectivity index (χ0) is 30.4. The molecule has 0 radical (unpaired) electrons. The molecule has 1 heterocycles. The summed E-state index contributed by atoms with van der Waals surface area (Å²) in [5.74, 6) is -0.520. The predicted octanol–water partition coefficient (Wildman–Crippen LogP) is 4.64. The summed E-state index contributed by atoms with van der Waals surface area (Å²) in [6, 6.07) is 14.6. The largest absolute Gasteiger partial charge is 0.462 e. The lowest BCUT2D eigenvalue weighted by Gasteiger charge is -2.07. The normalized spacial score (nSPS) is 16.4. The van der Waals surface area contributed by atoms with E-state index in [0.29, 0.717) is 0 Å². The van der Waals surface area contributed by atoms with E-state index in [1.165, 1.54) is 6.08 Å². The number of nitrogens with one attached hydrogen (secondary N) is 3. The number of nitrogens with zero attached hydrogens (tertiary/aromatic N) is 6. The predicted molar refractivity (Wildman–Crippen MR) is 150 cm³/mol. The average Bonchev–Trinajstić information content (AvgIpc) is 3.27. The molecule has 1 aliphatic rings. The van der Waals surface area contributed by atoms with Crippen LogP contribution in [0.1, 0.15) is 5.56 Å². The van der Waals surface area contributed by atoms with Crippen molar-refractivity contribution in [3.8, 4) is 0 Å². The van der Waals surface area contributed by atoms with E-state index >= 15 is 0 Å². The minimum Gasteiger partial charge on any atom is -0.462 e. The highest BCUT2D eigenvalue weighted by Gasteiger charge is 2.35. The standard InChI is InChI=1S/C24H17N9O9/c25-24-23(29-27-18-10-8-16(31(36)37)13-20(18)33(40)41)22(21(42-24)11-6-14-4-2-1-3-5-14)28-26-17-9-7-15(30(34)35)12-19(17)32(38)39/h1-13,21,25-27H/b11-6+,25-24?,28-22-,29-23+/t21-/m0/s1. The summed E-state index contributed by atoms with van der Waals surface area (Å²) >= 11 is 0. The van der Waals surface area contributed by atoms with Gasteiger partial charge in [0.25, 0.3) is 11.4 Å². The molecule has 3 N–H and O–H groups in total. The van der Waals surface area contributed by atoms with Crippen LogP contribution < -0.4 is 10.9 Å². The highest BCUT2D eigenvalue weighted by molar-refractivity contribution is 6.70. The Morgan fingerprint density at radius 3 is 1.76 bits per heavy atom. The van der Waals surface area contributed by atoms with Gasteiger partial charge in [0.2, 0.25) is 5.90 Å². The van der Waals surface area contributed by atoms with Crippen LogP contribution in [-0.2, 0) is 4.74 Å².